The molecule has 46 heavy (non-hydrogen) atoms. The van der Waals surface area contributed by atoms with Gasteiger partial charge >= 0.3 is 0 Å². The van der Waals surface area contributed by atoms with Crippen molar-refractivity contribution in [2.24, 2.45) is 0 Å². The summed E-state index contributed by atoms with van der Waals surface area (Å²) in [5, 5.41) is 2.83. The topological polar surface area (TPSA) is 54.9 Å². The minimum Gasteiger partial charge on any atom is -0.454 e. The molecule has 0 spiro atoms. The van der Waals surface area contributed by atoms with E-state index in [4.69, 9.17) is 14.5 Å². The van der Waals surface area contributed by atoms with Crippen molar-refractivity contribution < 1.29 is 14.3 Å². The molecule has 0 radical (unpaired) electrons. The highest BCUT2D eigenvalue weighted by Gasteiger charge is 2.21. The highest BCUT2D eigenvalue weighted by molar-refractivity contribution is 7.09. The van der Waals surface area contributed by atoms with Gasteiger partial charge in [-0.1, -0.05) is 112 Å². The van der Waals surface area contributed by atoms with Crippen molar-refractivity contribution in [2.45, 2.75) is 58.8 Å². The van der Waals surface area contributed by atoms with E-state index in [1.807, 2.05) is 52.7 Å². The van der Waals surface area contributed by atoms with Crippen molar-refractivity contribution in [3.8, 4) is 11.5 Å². The number of hydrogen-bond acceptors (Lipinski definition) is 6. The summed E-state index contributed by atoms with van der Waals surface area (Å²) in [5.74, 6) is 1.52. The van der Waals surface area contributed by atoms with Gasteiger partial charge in [0.15, 0.2) is 11.5 Å². The van der Waals surface area contributed by atoms with Crippen LogP contribution in [0.1, 0.15) is 64.1 Å². The second kappa shape index (κ2) is 14.3. The molecule has 6 nitrogen and oxygen atoms in total. The molecule has 1 amide bonds. The zero-order valence-corrected chi connectivity index (χ0v) is 27.6. The van der Waals surface area contributed by atoms with Crippen LogP contribution >= 0.6 is 11.3 Å². The molecule has 0 saturated carbocycles. The van der Waals surface area contributed by atoms with Crippen molar-refractivity contribution in [1.29, 1.82) is 0 Å². The number of ether oxygens (including phenoxy) is 2. The van der Waals surface area contributed by atoms with Crippen LogP contribution in [0.25, 0.3) is 0 Å². The van der Waals surface area contributed by atoms with Crippen LogP contribution in [0.15, 0.2) is 109 Å². The van der Waals surface area contributed by atoms with Crippen LogP contribution in [0.5, 0.6) is 11.5 Å². The van der Waals surface area contributed by atoms with Crippen LogP contribution < -0.4 is 9.47 Å². The summed E-state index contributed by atoms with van der Waals surface area (Å²) in [6.07, 6.45) is 0.785. The number of thiazole rings is 1. The van der Waals surface area contributed by atoms with Crippen LogP contribution in [-0.4, -0.2) is 34.0 Å². The van der Waals surface area contributed by atoms with E-state index in [2.05, 4.69) is 86.3 Å². The number of carbonyl (C=O) groups is 1. The average Bonchev–Trinajstić information content (AvgIpc) is 3.73. The Hall–Kier alpha value is -4.46. The predicted octanol–water partition coefficient (Wildman–Crippen LogP) is 8.26. The van der Waals surface area contributed by atoms with Gasteiger partial charge in [-0.3, -0.25) is 9.69 Å². The first-order valence-electron chi connectivity index (χ1n) is 15.8. The number of nitrogens with zero attached hydrogens (tertiary/aromatic N) is 3. The Balaban J connectivity index is 1.20. The van der Waals surface area contributed by atoms with Gasteiger partial charge in [-0.2, -0.15) is 0 Å². The molecule has 0 fully saturated rings. The first kappa shape index (κ1) is 31.5. The van der Waals surface area contributed by atoms with Gasteiger partial charge in [0, 0.05) is 31.6 Å². The number of carbonyl (C=O) groups excluding carboxylic acids is 1. The molecule has 1 aliphatic heterocycles. The third kappa shape index (κ3) is 8.22. The lowest BCUT2D eigenvalue weighted by atomic mass is 9.87. The van der Waals surface area contributed by atoms with Crippen molar-refractivity contribution in [3.05, 3.63) is 147 Å². The molecule has 0 aliphatic carbocycles. The van der Waals surface area contributed by atoms with E-state index in [0.29, 0.717) is 31.9 Å². The lowest BCUT2D eigenvalue weighted by Gasteiger charge is -2.23. The van der Waals surface area contributed by atoms with Crippen LogP contribution in [0.3, 0.4) is 0 Å². The maximum absolute atomic E-state index is 13.9. The molecule has 0 saturated heterocycles. The zero-order valence-electron chi connectivity index (χ0n) is 26.8. The zero-order chi connectivity index (χ0) is 31.9. The molecule has 5 aromatic rings. The van der Waals surface area contributed by atoms with Crippen molar-refractivity contribution in [2.75, 3.05) is 13.3 Å². The third-order valence-corrected chi connectivity index (χ3v) is 9.05. The molecule has 236 valence electrons. The molecule has 0 unspecified atom stereocenters. The first-order chi connectivity index (χ1) is 22.3. The highest BCUT2D eigenvalue weighted by atomic mass is 32.1. The number of rotatable bonds is 12. The molecule has 0 atom stereocenters. The minimum atomic E-state index is -0.0395. The van der Waals surface area contributed by atoms with E-state index in [-0.39, 0.29) is 18.1 Å². The van der Waals surface area contributed by atoms with Gasteiger partial charge in [0.1, 0.15) is 10.7 Å². The van der Waals surface area contributed by atoms with Crippen molar-refractivity contribution in [3.63, 3.8) is 0 Å². The fourth-order valence-electron chi connectivity index (χ4n) is 5.63. The largest absolute Gasteiger partial charge is 0.454 e. The van der Waals surface area contributed by atoms with Gasteiger partial charge in [-0.15, -0.1) is 11.3 Å². The van der Waals surface area contributed by atoms with E-state index < -0.39 is 0 Å². The number of benzene rings is 4. The molecule has 6 rings (SSSR count). The lowest BCUT2D eigenvalue weighted by Crippen LogP contribution is -2.33. The van der Waals surface area contributed by atoms with E-state index in [1.54, 1.807) is 11.3 Å². The van der Waals surface area contributed by atoms with Gasteiger partial charge in [0.05, 0.1) is 6.54 Å². The van der Waals surface area contributed by atoms with Crippen LogP contribution in [0.2, 0.25) is 0 Å². The lowest BCUT2D eigenvalue weighted by molar-refractivity contribution is 0.0739. The van der Waals surface area contributed by atoms with E-state index in [1.165, 1.54) is 16.7 Å². The standard InChI is InChI=1S/C39H41N3O3S/c1-39(2,3)33-17-14-31(15-18-33)23-41(24-32-16-19-35-36(22-32)45-28-44-35)26-37-40-34(27-46-37)38(43)42(25-30-12-8-5-9-13-30)21-20-29-10-6-4-7-11-29/h4-19,22,27H,20-21,23-26,28H2,1-3H3. The Morgan fingerprint density at radius 1 is 0.739 bits per heavy atom. The van der Waals surface area contributed by atoms with Crippen LogP contribution in [0, 0.1) is 0 Å². The molecular formula is C39H41N3O3S. The fourth-order valence-corrected chi connectivity index (χ4v) is 6.44. The number of hydrogen-bond donors (Lipinski definition) is 0. The second-order valence-electron chi connectivity index (χ2n) is 12.9. The molecule has 0 N–H and O–H groups in total. The summed E-state index contributed by atoms with van der Waals surface area (Å²) in [4.78, 5) is 23.1. The number of amides is 1. The smallest absolute Gasteiger partial charge is 0.273 e. The summed E-state index contributed by atoms with van der Waals surface area (Å²) in [6, 6.07) is 35.5. The Kier molecular flexibility index (Phi) is 9.81. The van der Waals surface area contributed by atoms with Gasteiger partial charge in [-0.25, -0.2) is 4.98 Å². The molecule has 7 heteroatoms. The molecular weight excluding hydrogens is 591 g/mol. The summed E-state index contributed by atoms with van der Waals surface area (Å²) >= 11 is 1.55. The summed E-state index contributed by atoms with van der Waals surface area (Å²) < 4.78 is 11.2. The molecule has 1 aliphatic rings. The second-order valence-corrected chi connectivity index (χ2v) is 13.8. The quantitative estimate of drug-likeness (QED) is 0.139. The maximum Gasteiger partial charge on any atom is 0.273 e. The highest BCUT2D eigenvalue weighted by Crippen LogP contribution is 2.33. The van der Waals surface area contributed by atoms with Gasteiger partial charge in [-0.05, 0) is 51.8 Å². The fraction of sp³-hybridized carbons (Fsp3) is 0.282. The van der Waals surface area contributed by atoms with Crippen molar-refractivity contribution >= 4 is 17.2 Å². The SMILES string of the molecule is CC(C)(C)c1ccc(CN(Cc2ccc3c(c2)OCO3)Cc2nc(C(=O)N(CCc3ccccc3)Cc3ccccc3)cs2)cc1. The maximum atomic E-state index is 13.9. The predicted molar refractivity (Wildman–Crippen MR) is 184 cm³/mol. The monoisotopic (exact) mass is 631 g/mol. The Morgan fingerprint density at radius 2 is 1.37 bits per heavy atom. The molecule has 0 bridgehead atoms. The molecule has 1 aromatic heterocycles. The summed E-state index contributed by atoms with van der Waals surface area (Å²) in [5.41, 5.74) is 6.60. The number of aromatic nitrogens is 1. The van der Waals surface area contributed by atoms with Gasteiger partial charge in [0.25, 0.3) is 5.91 Å². The van der Waals surface area contributed by atoms with Crippen LogP contribution in [-0.2, 0) is 38.0 Å². The number of fused-ring (bicyclic) bond motifs is 1. The normalized spacial score (nSPS) is 12.4. The van der Waals surface area contributed by atoms with E-state index in [9.17, 15) is 4.79 Å². The Morgan fingerprint density at radius 3 is 2.09 bits per heavy atom. The van der Waals surface area contributed by atoms with Gasteiger partial charge in [0.2, 0.25) is 6.79 Å². The van der Waals surface area contributed by atoms with Crippen molar-refractivity contribution in [1.82, 2.24) is 14.8 Å². The Bertz CT molecular complexity index is 1730. The first-order valence-corrected chi connectivity index (χ1v) is 16.7. The van der Waals surface area contributed by atoms with E-state index in [0.717, 1.165) is 40.6 Å². The van der Waals surface area contributed by atoms with E-state index >= 15 is 0 Å². The Labute approximate surface area is 276 Å². The van der Waals surface area contributed by atoms with Gasteiger partial charge < -0.3 is 14.4 Å². The summed E-state index contributed by atoms with van der Waals surface area (Å²) in [7, 11) is 0. The minimum absolute atomic E-state index is 0.0395. The molecule has 4 aromatic carbocycles. The van der Waals surface area contributed by atoms with Crippen LogP contribution in [0.4, 0.5) is 0 Å². The third-order valence-electron chi connectivity index (χ3n) is 8.22. The summed E-state index contributed by atoms with van der Waals surface area (Å²) in [6.45, 7) is 10.2. The average molecular weight is 632 g/mol. The molecule has 2 heterocycles.